The Balaban J connectivity index is 1.36. The second-order valence-electron chi connectivity index (χ2n) is 9.22. The second-order valence-corrected chi connectivity index (χ2v) is 9.22. The molecule has 3 aliphatic heterocycles. The van der Waals surface area contributed by atoms with E-state index in [9.17, 15) is 24.9 Å². The number of hydrogen-bond acceptors (Lipinski definition) is 9. The standard InChI is InChI=1S/C23H23N7O5/c24-20-28-17-16(19(32)33)27-21(25)30-9-15(23(34,35)22(17,30)29-20)26-18(31)13-7-3-6-12-11-5-2-1-4-10(11)8-14(12)13/h1-7,15-17,34-35H,8-9H2,(H7,24,25,26,27,28,29,31,32,33)/p+1/t15-,16?,17-,22-/m0/s1. The molecule has 6 rings (SSSR count). The SMILES string of the molecule is NC1=N[C@H]2C(C(=O)O)NC(N)=[N+]3C[C@H](NC(=O)c4cccc5c4Cc4ccccc4-5)C(O)(O)[C@]23N1. The highest BCUT2D eigenvalue weighted by atomic mass is 16.5. The lowest BCUT2D eigenvalue weighted by molar-refractivity contribution is -0.622. The fourth-order valence-corrected chi connectivity index (χ4v) is 5.87. The first-order chi connectivity index (χ1) is 16.6. The molecule has 0 aromatic heterocycles. The number of nitrogens with two attached hydrogens (primary N) is 2. The predicted molar refractivity (Wildman–Crippen MR) is 123 cm³/mol. The smallest absolute Gasteiger partial charge is 0.346 e. The van der Waals surface area contributed by atoms with Crippen molar-refractivity contribution in [3.8, 4) is 11.1 Å². The molecule has 2 aromatic rings. The zero-order chi connectivity index (χ0) is 24.7. The Labute approximate surface area is 199 Å². The fourth-order valence-electron chi connectivity index (χ4n) is 5.87. The average molecular weight is 478 g/mol. The topological polar surface area (TPSA) is 198 Å². The van der Waals surface area contributed by atoms with Gasteiger partial charge in [0, 0.05) is 5.56 Å². The van der Waals surface area contributed by atoms with E-state index in [4.69, 9.17) is 11.5 Å². The van der Waals surface area contributed by atoms with Crippen molar-refractivity contribution in [1.29, 1.82) is 0 Å². The van der Waals surface area contributed by atoms with Gasteiger partial charge in [0.1, 0.15) is 6.04 Å². The van der Waals surface area contributed by atoms with Crippen molar-refractivity contribution < 1.29 is 29.5 Å². The van der Waals surface area contributed by atoms with Crippen LogP contribution in [0.2, 0.25) is 0 Å². The molecule has 1 saturated heterocycles. The van der Waals surface area contributed by atoms with Crippen LogP contribution < -0.4 is 27.4 Å². The van der Waals surface area contributed by atoms with Crippen LogP contribution in [0.15, 0.2) is 47.5 Å². The van der Waals surface area contributed by atoms with E-state index in [1.807, 2.05) is 30.3 Å². The predicted octanol–water partition coefficient (Wildman–Crippen LogP) is -2.58. The van der Waals surface area contributed by atoms with E-state index in [1.165, 1.54) is 4.58 Å². The average Bonchev–Trinajstić information content (AvgIpc) is 3.43. The van der Waals surface area contributed by atoms with Crippen molar-refractivity contribution in [2.75, 3.05) is 6.54 Å². The van der Waals surface area contributed by atoms with E-state index in [0.29, 0.717) is 12.0 Å². The molecule has 0 radical (unpaired) electrons. The van der Waals surface area contributed by atoms with Crippen LogP contribution in [0.1, 0.15) is 21.5 Å². The molecular weight excluding hydrogens is 454 g/mol. The number of benzene rings is 2. The molecule has 4 aliphatic rings. The van der Waals surface area contributed by atoms with E-state index in [1.54, 1.807) is 12.1 Å². The van der Waals surface area contributed by atoms with Gasteiger partial charge in [0.25, 0.3) is 5.91 Å². The third kappa shape index (κ3) is 2.68. The lowest BCUT2D eigenvalue weighted by Gasteiger charge is -2.42. The zero-order valence-electron chi connectivity index (χ0n) is 18.4. The molecular formula is C23H24N7O5+. The van der Waals surface area contributed by atoms with Gasteiger partial charge in [-0.15, -0.1) is 0 Å². The summed E-state index contributed by atoms with van der Waals surface area (Å²) in [4.78, 5) is 29.4. The Morgan fingerprint density at radius 1 is 1.11 bits per heavy atom. The quantitative estimate of drug-likeness (QED) is 0.147. The zero-order valence-corrected chi connectivity index (χ0v) is 18.4. The molecule has 0 saturated carbocycles. The first-order valence-electron chi connectivity index (χ1n) is 11.1. The van der Waals surface area contributed by atoms with Crippen LogP contribution >= 0.6 is 0 Å². The molecule has 1 amide bonds. The number of fused-ring (bicyclic) bond motifs is 3. The van der Waals surface area contributed by atoms with Gasteiger partial charge in [-0.05, 0) is 34.7 Å². The number of carboxylic acid groups (broad SMARTS) is 1. The summed E-state index contributed by atoms with van der Waals surface area (Å²) in [5.74, 6) is -4.74. The molecule has 12 nitrogen and oxygen atoms in total. The Hall–Kier alpha value is -4.16. The van der Waals surface area contributed by atoms with E-state index < -0.39 is 41.5 Å². The van der Waals surface area contributed by atoms with E-state index in [-0.39, 0.29) is 18.5 Å². The minimum Gasteiger partial charge on any atom is -0.479 e. The normalized spacial score (nSPS) is 29.2. The number of aliphatic carboxylic acids is 1. The molecule has 1 fully saturated rings. The lowest BCUT2D eigenvalue weighted by atomic mass is 9.85. The van der Waals surface area contributed by atoms with Gasteiger partial charge in [-0.3, -0.25) is 15.8 Å². The van der Waals surface area contributed by atoms with Crippen molar-refractivity contribution in [3.63, 3.8) is 0 Å². The summed E-state index contributed by atoms with van der Waals surface area (Å²) < 4.78 is 1.36. The van der Waals surface area contributed by atoms with Gasteiger partial charge >= 0.3 is 11.9 Å². The molecule has 12 heteroatoms. The van der Waals surface area contributed by atoms with Gasteiger partial charge < -0.3 is 31.7 Å². The lowest BCUT2D eigenvalue weighted by Crippen LogP contribution is -2.79. The summed E-state index contributed by atoms with van der Waals surface area (Å²) >= 11 is 0. The summed E-state index contributed by atoms with van der Waals surface area (Å²) in [5, 5.41) is 40.6. The van der Waals surface area contributed by atoms with Gasteiger partial charge in [0.05, 0.1) is 6.54 Å². The van der Waals surface area contributed by atoms with Crippen LogP contribution in [0.3, 0.4) is 0 Å². The Bertz CT molecular complexity index is 1370. The number of amides is 1. The fraction of sp³-hybridized carbons (Fsp3) is 0.304. The van der Waals surface area contributed by atoms with Gasteiger partial charge in [0.2, 0.25) is 11.4 Å². The molecule has 10 N–H and O–H groups in total. The maximum absolute atomic E-state index is 13.4. The molecule has 180 valence electrons. The summed E-state index contributed by atoms with van der Waals surface area (Å²) in [6.07, 6.45) is 0.582. The molecule has 4 atom stereocenters. The van der Waals surface area contributed by atoms with Crippen molar-refractivity contribution >= 4 is 23.8 Å². The maximum atomic E-state index is 13.4. The minimum absolute atomic E-state index is 0.105. The van der Waals surface area contributed by atoms with Crippen LogP contribution in [0.4, 0.5) is 0 Å². The number of carboxylic acids is 1. The van der Waals surface area contributed by atoms with Crippen LogP contribution in [0.25, 0.3) is 11.1 Å². The molecule has 1 spiro atoms. The Kier molecular flexibility index (Phi) is 4.23. The van der Waals surface area contributed by atoms with Crippen LogP contribution in [-0.2, 0) is 11.2 Å². The largest absolute Gasteiger partial charge is 0.479 e. The number of nitrogens with one attached hydrogen (secondary N) is 3. The van der Waals surface area contributed by atoms with E-state index >= 15 is 0 Å². The van der Waals surface area contributed by atoms with Gasteiger partial charge in [-0.2, -0.15) is 0 Å². The van der Waals surface area contributed by atoms with Crippen LogP contribution in [0.5, 0.6) is 0 Å². The number of carbonyl (C=O) groups is 2. The van der Waals surface area contributed by atoms with Crippen LogP contribution in [0, 0.1) is 0 Å². The van der Waals surface area contributed by atoms with Crippen molar-refractivity contribution in [2.24, 2.45) is 16.5 Å². The Morgan fingerprint density at radius 3 is 2.63 bits per heavy atom. The van der Waals surface area contributed by atoms with Gasteiger partial charge in [-0.1, -0.05) is 36.4 Å². The van der Waals surface area contributed by atoms with Gasteiger partial charge in [0.15, 0.2) is 18.0 Å². The molecule has 35 heavy (non-hydrogen) atoms. The van der Waals surface area contributed by atoms with Crippen LogP contribution in [-0.4, -0.2) is 79.8 Å². The number of guanidine groups is 2. The van der Waals surface area contributed by atoms with Crippen molar-refractivity contribution in [2.45, 2.75) is 36.0 Å². The third-order valence-electron chi connectivity index (χ3n) is 7.44. The molecule has 3 heterocycles. The molecule has 1 aliphatic carbocycles. The van der Waals surface area contributed by atoms with E-state index in [0.717, 1.165) is 22.3 Å². The summed E-state index contributed by atoms with van der Waals surface area (Å²) in [6, 6.07) is 9.48. The highest BCUT2D eigenvalue weighted by molar-refractivity contribution is 5.99. The molecule has 0 bridgehead atoms. The first kappa shape index (κ1) is 21.4. The number of rotatable bonds is 3. The Morgan fingerprint density at radius 2 is 1.86 bits per heavy atom. The van der Waals surface area contributed by atoms with Crippen molar-refractivity contribution in [3.05, 3.63) is 59.2 Å². The number of carbonyl (C=O) groups excluding carboxylic acids is 1. The minimum atomic E-state index is -2.68. The molecule has 2 aromatic carbocycles. The monoisotopic (exact) mass is 478 g/mol. The van der Waals surface area contributed by atoms with Crippen molar-refractivity contribution in [1.82, 2.24) is 16.0 Å². The maximum Gasteiger partial charge on any atom is 0.346 e. The summed E-state index contributed by atoms with van der Waals surface area (Å²) in [6.45, 7) is -0.133. The number of aliphatic hydroxyl groups is 2. The van der Waals surface area contributed by atoms with E-state index in [2.05, 4.69) is 20.9 Å². The number of hydrogen-bond donors (Lipinski definition) is 8. The highest BCUT2D eigenvalue weighted by Crippen LogP contribution is 2.42. The first-order valence-corrected chi connectivity index (χ1v) is 11.1. The molecule has 1 unspecified atom stereocenters. The number of aliphatic imine (C=N–C) groups is 1. The number of nitrogens with zero attached hydrogens (tertiary/aromatic N) is 2. The highest BCUT2D eigenvalue weighted by Gasteiger charge is 2.76. The third-order valence-corrected chi connectivity index (χ3v) is 7.44. The second kappa shape index (κ2) is 6.93. The summed E-state index contributed by atoms with van der Waals surface area (Å²) in [7, 11) is 0. The summed E-state index contributed by atoms with van der Waals surface area (Å²) in [5.41, 5.74) is 14.5. The van der Waals surface area contributed by atoms with Gasteiger partial charge in [-0.25, -0.2) is 14.4 Å².